The Morgan fingerprint density at radius 3 is 2.45 bits per heavy atom. The van der Waals surface area contributed by atoms with E-state index in [1.165, 1.54) is 14.2 Å². The predicted octanol–water partition coefficient (Wildman–Crippen LogP) is 2.22. The molecule has 1 fully saturated rings. The Morgan fingerprint density at radius 1 is 1.23 bits per heavy atom. The summed E-state index contributed by atoms with van der Waals surface area (Å²) in [5, 5.41) is 12.0. The number of carbonyl (C=O) groups is 2. The Kier molecular flexibility index (Phi) is 4.90. The highest BCUT2D eigenvalue weighted by molar-refractivity contribution is 5.98. The second kappa shape index (κ2) is 6.68. The fourth-order valence-electron chi connectivity index (χ4n) is 2.99. The minimum Gasteiger partial charge on any atom is -0.497 e. The van der Waals surface area contributed by atoms with Crippen LogP contribution in [0, 0.1) is 0 Å². The molecule has 6 heteroatoms. The van der Waals surface area contributed by atoms with Crippen molar-refractivity contribution in [2.75, 3.05) is 14.2 Å². The predicted molar refractivity (Wildman–Crippen MR) is 80.5 cm³/mol. The lowest BCUT2D eigenvalue weighted by molar-refractivity contribution is -0.138. The Labute approximate surface area is 129 Å². The molecule has 1 amide bonds. The van der Waals surface area contributed by atoms with Crippen LogP contribution in [0.4, 0.5) is 0 Å². The highest BCUT2D eigenvalue weighted by atomic mass is 16.5. The number of carboxylic acids is 1. The zero-order chi connectivity index (χ0) is 16.2. The number of nitrogens with one attached hydrogen (secondary N) is 1. The number of amides is 1. The summed E-state index contributed by atoms with van der Waals surface area (Å²) < 4.78 is 10.3. The van der Waals surface area contributed by atoms with Crippen molar-refractivity contribution in [1.29, 1.82) is 0 Å². The van der Waals surface area contributed by atoms with Crippen molar-refractivity contribution in [2.45, 2.75) is 37.6 Å². The van der Waals surface area contributed by atoms with Crippen molar-refractivity contribution in [3.63, 3.8) is 0 Å². The fourth-order valence-corrected chi connectivity index (χ4v) is 2.99. The topological polar surface area (TPSA) is 84.9 Å². The van der Waals surface area contributed by atoms with Gasteiger partial charge in [-0.25, -0.2) is 0 Å². The molecule has 1 saturated carbocycles. The van der Waals surface area contributed by atoms with Gasteiger partial charge >= 0.3 is 5.97 Å². The minimum atomic E-state index is -0.903. The van der Waals surface area contributed by atoms with Crippen LogP contribution in [0.3, 0.4) is 0 Å². The van der Waals surface area contributed by atoms with Gasteiger partial charge in [-0.3, -0.25) is 9.59 Å². The van der Waals surface area contributed by atoms with Gasteiger partial charge in [0.1, 0.15) is 11.5 Å². The maximum Gasteiger partial charge on any atom is 0.305 e. The summed E-state index contributed by atoms with van der Waals surface area (Å²) in [5.41, 5.74) is -0.324. The Hall–Kier alpha value is -2.24. The first-order valence-corrected chi connectivity index (χ1v) is 7.26. The van der Waals surface area contributed by atoms with Crippen molar-refractivity contribution in [2.24, 2.45) is 0 Å². The van der Waals surface area contributed by atoms with Gasteiger partial charge in [0.2, 0.25) is 0 Å². The van der Waals surface area contributed by atoms with Crippen molar-refractivity contribution >= 4 is 11.9 Å². The van der Waals surface area contributed by atoms with Crippen LogP contribution in [0.5, 0.6) is 11.5 Å². The highest BCUT2D eigenvalue weighted by Crippen LogP contribution is 2.34. The SMILES string of the molecule is COc1ccc(OC)c(C(=O)NC2(CC(=O)O)CCCC2)c1. The fraction of sp³-hybridized carbons (Fsp3) is 0.500. The number of hydrogen-bond donors (Lipinski definition) is 2. The summed E-state index contributed by atoms with van der Waals surface area (Å²) >= 11 is 0. The second-order valence-electron chi connectivity index (χ2n) is 5.58. The van der Waals surface area contributed by atoms with Crippen molar-refractivity contribution < 1.29 is 24.2 Å². The van der Waals surface area contributed by atoms with Crippen LogP contribution in [0.1, 0.15) is 42.5 Å². The first-order chi connectivity index (χ1) is 10.5. The van der Waals surface area contributed by atoms with E-state index in [1.54, 1.807) is 18.2 Å². The molecule has 0 aromatic heterocycles. The number of rotatable bonds is 6. The summed E-state index contributed by atoms with van der Waals surface area (Å²) in [6.07, 6.45) is 3.13. The molecule has 6 nitrogen and oxygen atoms in total. The molecule has 1 aromatic rings. The van der Waals surface area contributed by atoms with Crippen molar-refractivity contribution in [3.05, 3.63) is 23.8 Å². The molecule has 22 heavy (non-hydrogen) atoms. The van der Waals surface area contributed by atoms with Crippen LogP contribution in [0.2, 0.25) is 0 Å². The lowest BCUT2D eigenvalue weighted by Crippen LogP contribution is -2.47. The summed E-state index contributed by atoms with van der Waals surface area (Å²) in [5.74, 6) is -0.259. The largest absolute Gasteiger partial charge is 0.497 e. The summed E-state index contributed by atoms with van der Waals surface area (Å²) in [6, 6.07) is 4.96. The van der Waals surface area contributed by atoms with Crippen LogP contribution in [-0.2, 0) is 4.79 Å². The number of benzene rings is 1. The molecule has 1 aliphatic carbocycles. The van der Waals surface area contributed by atoms with E-state index in [0.29, 0.717) is 29.9 Å². The van der Waals surface area contributed by atoms with E-state index >= 15 is 0 Å². The van der Waals surface area contributed by atoms with E-state index in [1.807, 2.05) is 0 Å². The third-order valence-corrected chi connectivity index (χ3v) is 4.08. The van der Waals surface area contributed by atoms with Crippen LogP contribution in [0.15, 0.2) is 18.2 Å². The molecule has 0 spiro atoms. The molecule has 1 aromatic carbocycles. The number of ether oxygens (including phenoxy) is 2. The number of methoxy groups -OCH3 is 2. The third kappa shape index (κ3) is 3.50. The molecule has 0 bridgehead atoms. The molecule has 0 unspecified atom stereocenters. The second-order valence-corrected chi connectivity index (χ2v) is 5.58. The number of hydrogen-bond acceptors (Lipinski definition) is 4. The molecule has 0 saturated heterocycles. The van der Waals surface area contributed by atoms with Crippen molar-refractivity contribution in [3.8, 4) is 11.5 Å². The van der Waals surface area contributed by atoms with Crippen molar-refractivity contribution in [1.82, 2.24) is 5.32 Å². The van der Waals surface area contributed by atoms with E-state index in [-0.39, 0.29) is 12.3 Å². The number of aliphatic carboxylic acids is 1. The molecule has 0 atom stereocenters. The quantitative estimate of drug-likeness (QED) is 0.842. The maximum atomic E-state index is 12.6. The normalized spacial score (nSPS) is 16.1. The van der Waals surface area contributed by atoms with E-state index in [4.69, 9.17) is 14.6 Å². The molecule has 1 aliphatic rings. The van der Waals surface area contributed by atoms with E-state index in [0.717, 1.165) is 12.8 Å². The highest BCUT2D eigenvalue weighted by Gasteiger charge is 2.38. The first-order valence-electron chi connectivity index (χ1n) is 7.26. The van der Waals surface area contributed by atoms with E-state index < -0.39 is 11.5 Å². The molecule has 0 radical (unpaired) electrons. The lowest BCUT2D eigenvalue weighted by Gasteiger charge is -2.29. The molecular formula is C16H21NO5. The minimum absolute atomic E-state index is 0.0645. The molecule has 0 heterocycles. The van der Waals surface area contributed by atoms with Gasteiger partial charge in [0.05, 0.1) is 31.7 Å². The van der Waals surface area contributed by atoms with Crippen LogP contribution in [0.25, 0.3) is 0 Å². The molecule has 0 aliphatic heterocycles. The molecule has 120 valence electrons. The van der Waals surface area contributed by atoms with Gasteiger partial charge in [-0.05, 0) is 31.0 Å². The Morgan fingerprint density at radius 2 is 1.91 bits per heavy atom. The zero-order valence-electron chi connectivity index (χ0n) is 12.8. The third-order valence-electron chi connectivity index (χ3n) is 4.08. The molecule has 2 rings (SSSR count). The van der Waals surface area contributed by atoms with Gasteiger partial charge in [0.25, 0.3) is 5.91 Å². The molecular weight excluding hydrogens is 286 g/mol. The Bertz CT molecular complexity index is 564. The summed E-state index contributed by atoms with van der Waals surface area (Å²) in [7, 11) is 3.01. The number of carboxylic acid groups (broad SMARTS) is 1. The van der Waals surface area contributed by atoms with E-state index in [9.17, 15) is 9.59 Å². The first kappa shape index (κ1) is 16.1. The standard InChI is InChI=1S/C16H21NO5/c1-21-11-5-6-13(22-2)12(9-11)15(20)17-16(10-14(18)19)7-3-4-8-16/h5-6,9H,3-4,7-8,10H2,1-2H3,(H,17,20)(H,18,19). The van der Waals surface area contributed by atoms with Gasteiger partial charge in [0.15, 0.2) is 0 Å². The van der Waals surface area contributed by atoms with Gasteiger partial charge in [-0.2, -0.15) is 0 Å². The van der Waals surface area contributed by atoms with Gasteiger partial charge < -0.3 is 19.9 Å². The molecule has 2 N–H and O–H groups in total. The average Bonchev–Trinajstić information content (AvgIpc) is 2.93. The maximum absolute atomic E-state index is 12.6. The lowest BCUT2D eigenvalue weighted by atomic mass is 9.92. The van der Waals surface area contributed by atoms with Crippen LogP contribution in [-0.4, -0.2) is 36.7 Å². The smallest absolute Gasteiger partial charge is 0.305 e. The van der Waals surface area contributed by atoms with Gasteiger partial charge in [0, 0.05) is 0 Å². The monoisotopic (exact) mass is 307 g/mol. The number of carbonyl (C=O) groups excluding carboxylic acids is 1. The van der Waals surface area contributed by atoms with Gasteiger partial charge in [-0.1, -0.05) is 12.8 Å². The summed E-state index contributed by atoms with van der Waals surface area (Å²) in [4.78, 5) is 23.7. The zero-order valence-corrected chi connectivity index (χ0v) is 12.8. The van der Waals surface area contributed by atoms with Crippen LogP contribution < -0.4 is 14.8 Å². The van der Waals surface area contributed by atoms with E-state index in [2.05, 4.69) is 5.32 Å². The van der Waals surface area contributed by atoms with Gasteiger partial charge in [-0.15, -0.1) is 0 Å². The Balaban J connectivity index is 2.25. The summed E-state index contributed by atoms with van der Waals surface area (Å²) in [6.45, 7) is 0. The average molecular weight is 307 g/mol. The van der Waals surface area contributed by atoms with Crippen LogP contribution >= 0.6 is 0 Å².